The maximum absolute atomic E-state index is 11.5. The lowest BCUT2D eigenvalue weighted by Gasteiger charge is -2.10. The Labute approximate surface area is 153 Å². The third-order valence-electron chi connectivity index (χ3n) is 3.09. The van der Waals surface area contributed by atoms with Gasteiger partial charge in [-0.25, -0.2) is 0 Å². The van der Waals surface area contributed by atoms with E-state index < -0.39 is 0 Å². The van der Waals surface area contributed by atoms with Crippen LogP contribution in [0.4, 0.5) is 0 Å². The second-order valence-electron chi connectivity index (χ2n) is 5.25. The molecule has 0 aliphatic carbocycles. The molecule has 2 amide bonds. The van der Waals surface area contributed by atoms with E-state index in [0.29, 0.717) is 65.9 Å². The summed E-state index contributed by atoms with van der Waals surface area (Å²) < 4.78 is 31.7. The van der Waals surface area contributed by atoms with Crippen molar-refractivity contribution in [2.75, 3.05) is 92.4 Å². The van der Waals surface area contributed by atoms with Crippen molar-refractivity contribution in [1.82, 2.24) is 10.6 Å². The van der Waals surface area contributed by atoms with Gasteiger partial charge in [-0.3, -0.25) is 9.59 Å². The quantitative estimate of drug-likeness (QED) is 0.515. The minimum atomic E-state index is -0.228. The normalized spacial score (nSPS) is 22.6. The molecule has 0 saturated carbocycles. The van der Waals surface area contributed by atoms with Crippen LogP contribution in [0.15, 0.2) is 0 Å². The minimum absolute atomic E-state index is 0.0595. The van der Waals surface area contributed by atoms with E-state index in [2.05, 4.69) is 10.6 Å². The molecule has 1 rings (SSSR count). The molecule has 1 heterocycles. The van der Waals surface area contributed by atoms with Crippen molar-refractivity contribution in [1.29, 1.82) is 0 Å². The van der Waals surface area contributed by atoms with E-state index in [9.17, 15) is 9.59 Å². The van der Waals surface area contributed by atoms with Crippen molar-refractivity contribution in [2.24, 2.45) is 0 Å². The second kappa shape index (κ2) is 17.1. The number of hydrogen-bond acceptors (Lipinski definition) is 8. The number of nitrogens with one attached hydrogen (secondary N) is 2. The van der Waals surface area contributed by atoms with Gasteiger partial charge < -0.3 is 39.1 Å². The molecule has 1 aliphatic heterocycles. The number of rotatable bonds is 0. The van der Waals surface area contributed by atoms with Crippen LogP contribution in [0.25, 0.3) is 0 Å². The first-order valence-electron chi connectivity index (χ1n) is 8.79. The van der Waals surface area contributed by atoms with Gasteiger partial charge in [-0.15, -0.1) is 0 Å². The third-order valence-corrected chi connectivity index (χ3v) is 3.09. The summed E-state index contributed by atoms with van der Waals surface area (Å²) in [6, 6.07) is 0. The lowest BCUT2D eigenvalue weighted by molar-refractivity contribution is -0.129. The monoisotopic (exact) mass is 378 g/mol. The highest BCUT2D eigenvalue weighted by atomic mass is 16.6. The Morgan fingerprint density at radius 3 is 1.15 bits per heavy atom. The van der Waals surface area contributed by atoms with E-state index in [1.54, 1.807) is 0 Å². The van der Waals surface area contributed by atoms with Crippen LogP contribution < -0.4 is 10.6 Å². The Morgan fingerprint density at radius 2 is 0.769 bits per heavy atom. The molecule has 0 unspecified atom stereocenters. The first kappa shape index (κ1) is 22.7. The zero-order chi connectivity index (χ0) is 18.7. The summed E-state index contributed by atoms with van der Waals surface area (Å²) in [6.45, 7) is 4.78. The lowest BCUT2D eigenvalue weighted by atomic mass is 10.5. The molecule has 0 atom stereocenters. The fourth-order valence-electron chi connectivity index (χ4n) is 1.84. The summed E-state index contributed by atoms with van der Waals surface area (Å²) in [7, 11) is 0. The predicted molar refractivity (Wildman–Crippen MR) is 90.9 cm³/mol. The van der Waals surface area contributed by atoms with Gasteiger partial charge in [-0.1, -0.05) is 0 Å². The van der Waals surface area contributed by atoms with Gasteiger partial charge in [0.15, 0.2) is 0 Å². The van der Waals surface area contributed by atoms with Crippen LogP contribution in [0.2, 0.25) is 0 Å². The van der Waals surface area contributed by atoms with Gasteiger partial charge in [-0.05, 0) is 0 Å². The molecule has 0 aromatic rings. The smallest absolute Gasteiger partial charge is 0.246 e. The lowest BCUT2D eigenvalue weighted by Crippen LogP contribution is -2.32. The van der Waals surface area contributed by atoms with Crippen LogP contribution in [0.5, 0.6) is 0 Å². The topological polar surface area (TPSA) is 114 Å². The zero-order valence-corrected chi connectivity index (χ0v) is 15.2. The predicted octanol–water partition coefficient (Wildman–Crippen LogP) is -1.67. The van der Waals surface area contributed by atoms with Crippen LogP contribution in [-0.2, 0) is 38.0 Å². The molecule has 26 heavy (non-hydrogen) atoms. The molecular weight excluding hydrogens is 348 g/mol. The van der Waals surface area contributed by atoms with Gasteiger partial charge in [0.05, 0.1) is 66.1 Å². The molecule has 0 bridgehead atoms. The molecule has 1 aliphatic rings. The Hall–Kier alpha value is -1.30. The van der Waals surface area contributed by atoms with E-state index in [-0.39, 0.29) is 38.2 Å². The van der Waals surface area contributed by atoms with Gasteiger partial charge >= 0.3 is 0 Å². The van der Waals surface area contributed by atoms with Crippen molar-refractivity contribution in [3.63, 3.8) is 0 Å². The van der Waals surface area contributed by atoms with E-state index in [1.165, 1.54) is 0 Å². The molecular formula is C16H30N2O8. The van der Waals surface area contributed by atoms with E-state index in [4.69, 9.17) is 28.4 Å². The molecule has 0 aromatic carbocycles. The first-order chi connectivity index (χ1) is 12.8. The van der Waals surface area contributed by atoms with E-state index in [1.807, 2.05) is 0 Å². The fourth-order valence-corrected chi connectivity index (χ4v) is 1.84. The number of carbonyl (C=O) groups is 2. The highest BCUT2D eigenvalue weighted by Crippen LogP contribution is 1.84. The van der Waals surface area contributed by atoms with Crippen LogP contribution in [0.3, 0.4) is 0 Å². The zero-order valence-electron chi connectivity index (χ0n) is 15.2. The van der Waals surface area contributed by atoms with E-state index >= 15 is 0 Å². The van der Waals surface area contributed by atoms with Crippen LogP contribution in [0, 0.1) is 0 Å². The van der Waals surface area contributed by atoms with Crippen LogP contribution in [-0.4, -0.2) is 104 Å². The molecule has 10 heteroatoms. The standard InChI is InChI=1S/C16H30N2O8/c19-15-13-25-11-12-26-14-16(20)18-2-4-22-6-8-24-10-9-23-7-5-21-3-1-17-15/h1-14H2,(H,17,19)(H,18,20). The molecule has 0 aromatic heterocycles. The number of ether oxygens (including phenoxy) is 6. The molecule has 0 spiro atoms. The molecule has 2 N–H and O–H groups in total. The first-order valence-corrected chi connectivity index (χ1v) is 8.79. The van der Waals surface area contributed by atoms with Crippen molar-refractivity contribution in [2.45, 2.75) is 0 Å². The summed E-state index contributed by atoms with van der Waals surface area (Å²) in [5.74, 6) is -0.455. The van der Waals surface area contributed by atoms with Gasteiger partial charge in [0.1, 0.15) is 13.2 Å². The van der Waals surface area contributed by atoms with Crippen molar-refractivity contribution in [3.05, 3.63) is 0 Å². The van der Waals surface area contributed by atoms with Gasteiger partial charge in [0.2, 0.25) is 11.8 Å². The highest BCUT2D eigenvalue weighted by Gasteiger charge is 2.03. The average molecular weight is 378 g/mol. The Bertz CT molecular complexity index is 336. The van der Waals surface area contributed by atoms with Crippen LogP contribution >= 0.6 is 0 Å². The molecule has 1 fully saturated rings. The van der Waals surface area contributed by atoms with Crippen molar-refractivity contribution >= 4 is 11.8 Å². The third kappa shape index (κ3) is 15.0. The molecule has 152 valence electrons. The summed E-state index contributed by atoms with van der Waals surface area (Å²) in [5.41, 5.74) is 0. The molecule has 1 saturated heterocycles. The number of amides is 2. The van der Waals surface area contributed by atoms with Crippen molar-refractivity contribution < 1.29 is 38.0 Å². The average Bonchev–Trinajstić information content (AvgIpc) is 2.63. The fraction of sp³-hybridized carbons (Fsp3) is 0.875. The van der Waals surface area contributed by atoms with Crippen LogP contribution in [0.1, 0.15) is 0 Å². The maximum Gasteiger partial charge on any atom is 0.246 e. The molecule has 0 radical (unpaired) electrons. The summed E-state index contributed by atoms with van der Waals surface area (Å²) in [6.07, 6.45) is 0. The van der Waals surface area contributed by atoms with Gasteiger partial charge in [0.25, 0.3) is 0 Å². The van der Waals surface area contributed by atoms with E-state index in [0.717, 1.165) is 0 Å². The number of carbonyl (C=O) groups excluding carboxylic acids is 2. The maximum atomic E-state index is 11.5. The Kier molecular flexibility index (Phi) is 15.0. The second-order valence-corrected chi connectivity index (χ2v) is 5.25. The highest BCUT2D eigenvalue weighted by molar-refractivity contribution is 5.77. The largest absolute Gasteiger partial charge is 0.377 e. The summed E-state index contributed by atoms with van der Waals surface area (Å²) >= 11 is 0. The van der Waals surface area contributed by atoms with Crippen molar-refractivity contribution in [3.8, 4) is 0 Å². The van der Waals surface area contributed by atoms with Gasteiger partial charge in [0, 0.05) is 13.1 Å². The molecule has 10 nitrogen and oxygen atoms in total. The minimum Gasteiger partial charge on any atom is -0.377 e. The SMILES string of the molecule is O=C1COCCOCC(=O)NCCOCCOCCOCCOCCN1. The Balaban J connectivity index is 2.15. The van der Waals surface area contributed by atoms with Gasteiger partial charge in [-0.2, -0.15) is 0 Å². The Morgan fingerprint density at radius 1 is 0.462 bits per heavy atom. The number of hydrogen-bond donors (Lipinski definition) is 2. The summed E-state index contributed by atoms with van der Waals surface area (Å²) in [4.78, 5) is 23.0. The summed E-state index contributed by atoms with van der Waals surface area (Å²) in [5, 5.41) is 5.35.